The van der Waals surface area contributed by atoms with Crippen molar-refractivity contribution in [2.24, 2.45) is 0 Å². The van der Waals surface area contributed by atoms with Crippen molar-refractivity contribution in [3.63, 3.8) is 0 Å². The van der Waals surface area contributed by atoms with Crippen LogP contribution in [0, 0.1) is 6.92 Å². The van der Waals surface area contributed by atoms with Crippen molar-refractivity contribution < 1.29 is 4.42 Å². The number of oxazole rings is 1. The number of nitrogens with zero attached hydrogens (tertiary/aromatic N) is 1. The topological polar surface area (TPSA) is 38.1 Å². The highest BCUT2D eigenvalue weighted by atomic mass is 32.2. The summed E-state index contributed by atoms with van der Waals surface area (Å²) < 4.78 is 5.49. The summed E-state index contributed by atoms with van der Waals surface area (Å²) in [5.41, 5.74) is 0. The molecule has 1 aromatic rings. The van der Waals surface area contributed by atoms with Gasteiger partial charge in [0.15, 0.2) is 0 Å². The molecule has 4 heteroatoms. The van der Waals surface area contributed by atoms with E-state index in [1.54, 1.807) is 6.20 Å². The van der Waals surface area contributed by atoms with E-state index in [1.807, 2.05) is 6.92 Å². The molecule has 2 rings (SSSR count). The SMILES string of the molecule is CCS[C@@H]1CCCC[C@H]1NCc1ncc(C)o1. The van der Waals surface area contributed by atoms with E-state index in [1.165, 1.54) is 31.4 Å². The average molecular weight is 254 g/mol. The van der Waals surface area contributed by atoms with E-state index in [0.717, 1.165) is 23.4 Å². The van der Waals surface area contributed by atoms with Gasteiger partial charge in [-0.15, -0.1) is 0 Å². The summed E-state index contributed by atoms with van der Waals surface area (Å²) in [5.74, 6) is 2.92. The van der Waals surface area contributed by atoms with Crippen LogP contribution in [0.2, 0.25) is 0 Å². The Labute approximate surface area is 108 Å². The molecule has 1 aliphatic rings. The van der Waals surface area contributed by atoms with Crippen LogP contribution in [0.1, 0.15) is 44.3 Å². The molecule has 1 aliphatic carbocycles. The maximum absolute atomic E-state index is 5.49. The van der Waals surface area contributed by atoms with Crippen LogP contribution in [0.3, 0.4) is 0 Å². The Morgan fingerprint density at radius 1 is 1.47 bits per heavy atom. The molecular formula is C13H22N2OS. The summed E-state index contributed by atoms with van der Waals surface area (Å²) in [4.78, 5) is 4.24. The number of aromatic nitrogens is 1. The first-order valence-corrected chi connectivity index (χ1v) is 7.60. The van der Waals surface area contributed by atoms with E-state index in [9.17, 15) is 0 Å². The van der Waals surface area contributed by atoms with Gasteiger partial charge in [-0.05, 0) is 25.5 Å². The van der Waals surface area contributed by atoms with Gasteiger partial charge in [0.05, 0.1) is 12.7 Å². The monoisotopic (exact) mass is 254 g/mol. The Morgan fingerprint density at radius 2 is 2.29 bits per heavy atom. The lowest BCUT2D eigenvalue weighted by molar-refractivity contribution is 0.358. The average Bonchev–Trinajstić information content (AvgIpc) is 2.74. The van der Waals surface area contributed by atoms with Crippen molar-refractivity contribution in [1.82, 2.24) is 10.3 Å². The van der Waals surface area contributed by atoms with Crippen molar-refractivity contribution in [3.05, 3.63) is 17.8 Å². The standard InChI is InChI=1S/C13H22N2OS/c1-3-17-12-7-5-4-6-11(12)14-9-13-15-8-10(2)16-13/h8,11-12,14H,3-7,9H2,1-2H3/t11-,12-/m1/s1. The Morgan fingerprint density at radius 3 is 3.00 bits per heavy atom. The zero-order valence-electron chi connectivity index (χ0n) is 10.7. The third kappa shape index (κ3) is 3.75. The Bertz CT molecular complexity index is 338. The minimum absolute atomic E-state index is 0.626. The van der Waals surface area contributed by atoms with Crippen LogP contribution in [-0.2, 0) is 6.54 Å². The van der Waals surface area contributed by atoms with Crippen molar-refractivity contribution in [1.29, 1.82) is 0 Å². The number of hydrogen-bond donors (Lipinski definition) is 1. The molecular weight excluding hydrogens is 232 g/mol. The Hall–Kier alpha value is -0.480. The fourth-order valence-corrected chi connectivity index (χ4v) is 3.67. The van der Waals surface area contributed by atoms with Gasteiger partial charge in [-0.25, -0.2) is 4.98 Å². The molecule has 0 spiro atoms. The van der Waals surface area contributed by atoms with Crippen LogP contribution < -0.4 is 5.32 Å². The molecule has 0 aliphatic heterocycles. The van der Waals surface area contributed by atoms with Gasteiger partial charge in [0, 0.05) is 11.3 Å². The van der Waals surface area contributed by atoms with Gasteiger partial charge in [0.25, 0.3) is 0 Å². The first-order chi connectivity index (χ1) is 8.29. The van der Waals surface area contributed by atoms with Crippen LogP contribution in [0.5, 0.6) is 0 Å². The molecule has 1 heterocycles. The van der Waals surface area contributed by atoms with E-state index in [4.69, 9.17) is 4.42 Å². The summed E-state index contributed by atoms with van der Waals surface area (Å²) in [6.45, 7) is 4.94. The van der Waals surface area contributed by atoms with Crippen LogP contribution in [0.4, 0.5) is 0 Å². The molecule has 0 aromatic carbocycles. The second-order valence-corrected chi connectivity index (χ2v) is 6.15. The highest BCUT2D eigenvalue weighted by Gasteiger charge is 2.24. The van der Waals surface area contributed by atoms with Gasteiger partial charge < -0.3 is 9.73 Å². The molecule has 0 saturated heterocycles. The lowest BCUT2D eigenvalue weighted by Crippen LogP contribution is -2.40. The summed E-state index contributed by atoms with van der Waals surface area (Å²) in [7, 11) is 0. The predicted octanol–water partition coefficient (Wildman–Crippen LogP) is 3.14. The van der Waals surface area contributed by atoms with Crippen LogP contribution in [0.25, 0.3) is 0 Å². The first kappa shape index (κ1) is 13.0. The van der Waals surface area contributed by atoms with Crippen LogP contribution >= 0.6 is 11.8 Å². The first-order valence-electron chi connectivity index (χ1n) is 6.56. The number of aryl methyl sites for hydroxylation is 1. The maximum Gasteiger partial charge on any atom is 0.208 e. The van der Waals surface area contributed by atoms with E-state index >= 15 is 0 Å². The van der Waals surface area contributed by atoms with Crippen molar-refractivity contribution in [2.45, 2.75) is 57.4 Å². The number of thioether (sulfide) groups is 1. The van der Waals surface area contributed by atoms with Crippen LogP contribution in [0.15, 0.2) is 10.6 Å². The van der Waals surface area contributed by atoms with E-state index in [-0.39, 0.29) is 0 Å². The van der Waals surface area contributed by atoms with E-state index in [2.05, 4.69) is 29.0 Å². The molecule has 1 saturated carbocycles. The zero-order valence-corrected chi connectivity index (χ0v) is 11.6. The number of rotatable bonds is 5. The molecule has 96 valence electrons. The van der Waals surface area contributed by atoms with Crippen molar-refractivity contribution >= 4 is 11.8 Å². The highest BCUT2D eigenvalue weighted by molar-refractivity contribution is 7.99. The van der Waals surface area contributed by atoms with Crippen LogP contribution in [-0.4, -0.2) is 22.0 Å². The van der Waals surface area contributed by atoms with Gasteiger partial charge in [-0.2, -0.15) is 11.8 Å². The maximum atomic E-state index is 5.49. The zero-order chi connectivity index (χ0) is 12.1. The van der Waals surface area contributed by atoms with Gasteiger partial charge in [0.1, 0.15) is 5.76 Å². The summed E-state index contributed by atoms with van der Waals surface area (Å²) in [6.07, 6.45) is 7.16. The molecule has 0 amide bonds. The molecule has 3 nitrogen and oxygen atoms in total. The van der Waals surface area contributed by atoms with Gasteiger partial charge >= 0.3 is 0 Å². The van der Waals surface area contributed by atoms with Gasteiger partial charge in [0.2, 0.25) is 5.89 Å². The lowest BCUT2D eigenvalue weighted by atomic mass is 9.95. The molecule has 0 radical (unpaired) electrons. The Kier molecular flexibility index (Phi) is 4.92. The minimum atomic E-state index is 0.626. The third-order valence-corrected chi connectivity index (χ3v) is 4.59. The molecule has 17 heavy (non-hydrogen) atoms. The molecule has 0 bridgehead atoms. The minimum Gasteiger partial charge on any atom is -0.445 e. The molecule has 1 N–H and O–H groups in total. The second kappa shape index (κ2) is 6.45. The smallest absolute Gasteiger partial charge is 0.208 e. The van der Waals surface area contributed by atoms with Gasteiger partial charge in [-0.3, -0.25) is 0 Å². The summed E-state index contributed by atoms with van der Waals surface area (Å²) in [6, 6.07) is 0.626. The molecule has 0 unspecified atom stereocenters. The lowest BCUT2D eigenvalue weighted by Gasteiger charge is -2.31. The molecule has 1 aromatic heterocycles. The second-order valence-electron chi connectivity index (χ2n) is 4.63. The summed E-state index contributed by atoms with van der Waals surface area (Å²) >= 11 is 2.09. The Balaban J connectivity index is 1.83. The molecule has 2 atom stereocenters. The largest absolute Gasteiger partial charge is 0.445 e. The molecule has 1 fully saturated rings. The predicted molar refractivity (Wildman–Crippen MR) is 72.3 cm³/mol. The number of hydrogen-bond acceptors (Lipinski definition) is 4. The summed E-state index contributed by atoms with van der Waals surface area (Å²) in [5, 5.41) is 4.38. The van der Waals surface area contributed by atoms with Crippen molar-refractivity contribution in [2.75, 3.05) is 5.75 Å². The fraction of sp³-hybridized carbons (Fsp3) is 0.769. The quantitative estimate of drug-likeness (QED) is 0.876. The fourth-order valence-electron chi connectivity index (χ4n) is 2.45. The highest BCUT2D eigenvalue weighted by Crippen LogP contribution is 2.28. The normalized spacial score (nSPS) is 25.1. The number of nitrogens with one attached hydrogen (secondary N) is 1. The van der Waals surface area contributed by atoms with Crippen molar-refractivity contribution in [3.8, 4) is 0 Å². The van der Waals surface area contributed by atoms with Gasteiger partial charge in [-0.1, -0.05) is 19.8 Å². The van der Waals surface area contributed by atoms with E-state index < -0.39 is 0 Å². The third-order valence-electron chi connectivity index (χ3n) is 3.27. The van der Waals surface area contributed by atoms with E-state index in [0.29, 0.717) is 6.04 Å².